The third kappa shape index (κ3) is 4.38. The Balaban J connectivity index is 1.79. The molecule has 21 heavy (non-hydrogen) atoms. The average molecular weight is 292 g/mol. The van der Waals surface area contributed by atoms with Crippen molar-refractivity contribution in [2.75, 3.05) is 18.0 Å². The Morgan fingerprint density at radius 2 is 1.95 bits per heavy atom. The number of hydrogen-bond acceptors (Lipinski definition) is 6. The predicted octanol–water partition coefficient (Wildman–Crippen LogP) is -1.24. The summed E-state index contributed by atoms with van der Waals surface area (Å²) < 4.78 is 0. The summed E-state index contributed by atoms with van der Waals surface area (Å²) in [5.74, 6) is -0.204. The van der Waals surface area contributed by atoms with Crippen molar-refractivity contribution in [2.24, 2.45) is 11.5 Å². The average Bonchev–Trinajstić information content (AvgIpc) is 2.48. The molecule has 1 aromatic heterocycles. The van der Waals surface area contributed by atoms with Gasteiger partial charge in [0.25, 0.3) is 0 Å². The molecule has 2 amide bonds. The van der Waals surface area contributed by atoms with Crippen LogP contribution >= 0.6 is 0 Å². The van der Waals surface area contributed by atoms with Crippen LogP contribution in [0, 0.1) is 0 Å². The highest BCUT2D eigenvalue weighted by Crippen LogP contribution is 2.15. The highest BCUT2D eigenvalue weighted by molar-refractivity contribution is 5.87. The third-order valence-electron chi connectivity index (χ3n) is 3.43. The van der Waals surface area contributed by atoms with Gasteiger partial charge in [-0.1, -0.05) is 0 Å². The van der Waals surface area contributed by atoms with Gasteiger partial charge < -0.3 is 21.7 Å². The lowest BCUT2D eigenvalue weighted by molar-refractivity contribution is -0.126. The Labute approximate surface area is 122 Å². The second-order valence-corrected chi connectivity index (χ2v) is 5.10. The standard InChI is InChI=1S/C13H20N6O2/c14-10(8-11(15)20)12(21)18-9-2-6-19(7-3-9)13-16-4-1-5-17-13/h1,4-5,9-10H,2-3,6-8,14H2,(H2,15,20)(H,18,21). The SMILES string of the molecule is NC(=O)CC(N)C(=O)NC1CCN(c2ncccn2)CC1. The van der Waals surface area contributed by atoms with Gasteiger partial charge in [-0.05, 0) is 18.9 Å². The van der Waals surface area contributed by atoms with Crippen LogP contribution in [0.5, 0.6) is 0 Å². The number of nitrogens with one attached hydrogen (secondary N) is 1. The van der Waals surface area contributed by atoms with Gasteiger partial charge in [0.1, 0.15) is 0 Å². The van der Waals surface area contributed by atoms with Crippen LogP contribution in [0.2, 0.25) is 0 Å². The zero-order chi connectivity index (χ0) is 15.2. The highest BCUT2D eigenvalue weighted by Gasteiger charge is 2.24. The molecule has 0 spiro atoms. The number of primary amides is 1. The van der Waals surface area contributed by atoms with Crippen molar-refractivity contribution in [3.05, 3.63) is 18.5 Å². The summed E-state index contributed by atoms with van der Waals surface area (Å²) in [7, 11) is 0. The first-order chi connectivity index (χ1) is 10.1. The summed E-state index contributed by atoms with van der Waals surface area (Å²) in [6.07, 6.45) is 4.85. The number of nitrogens with zero attached hydrogens (tertiary/aromatic N) is 3. The zero-order valence-corrected chi connectivity index (χ0v) is 11.7. The molecule has 1 aromatic rings. The van der Waals surface area contributed by atoms with E-state index in [0.717, 1.165) is 25.9 Å². The van der Waals surface area contributed by atoms with Crippen LogP contribution in [0.3, 0.4) is 0 Å². The van der Waals surface area contributed by atoms with E-state index >= 15 is 0 Å². The molecule has 114 valence electrons. The molecule has 0 saturated carbocycles. The predicted molar refractivity (Wildman–Crippen MR) is 77.2 cm³/mol. The molecule has 2 rings (SSSR count). The molecule has 1 saturated heterocycles. The van der Waals surface area contributed by atoms with Crippen LogP contribution in [0.25, 0.3) is 0 Å². The molecular formula is C13H20N6O2. The van der Waals surface area contributed by atoms with Gasteiger partial charge in [-0.2, -0.15) is 0 Å². The Morgan fingerprint density at radius 1 is 1.33 bits per heavy atom. The van der Waals surface area contributed by atoms with Crippen molar-refractivity contribution < 1.29 is 9.59 Å². The second-order valence-electron chi connectivity index (χ2n) is 5.10. The third-order valence-corrected chi connectivity index (χ3v) is 3.43. The summed E-state index contributed by atoms with van der Waals surface area (Å²) in [5, 5.41) is 2.86. The van der Waals surface area contributed by atoms with E-state index in [1.165, 1.54) is 0 Å². The van der Waals surface area contributed by atoms with Gasteiger partial charge >= 0.3 is 0 Å². The van der Waals surface area contributed by atoms with Crippen molar-refractivity contribution in [1.29, 1.82) is 0 Å². The first-order valence-electron chi connectivity index (χ1n) is 6.92. The van der Waals surface area contributed by atoms with E-state index in [1.807, 2.05) is 0 Å². The normalized spacial score (nSPS) is 17.3. The van der Waals surface area contributed by atoms with E-state index in [1.54, 1.807) is 18.5 Å². The van der Waals surface area contributed by atoms with Crippen LogP contribution in [-0.4, -0.2) is 47.0 Å². The van der Waals surface area contributed by atoms with Crippen molar-refractivity contribution >= 4 is 17.8 Å². The Bertz CT molecular complexity index is 487. The molecule has 0 bridgehead atoms. The van der Waals surface area contributed by atoms with Crippen LogP contribution < -0.4 is 21.7 Å². The van der Waals surface area contributed by atoms with Crippen LogP contribution in [-0.2, 0) is 9.59 Å². The summed E-state index contributed by atoms with van der Waals surface area (Å²) in [6, 6.07) is 0.950. The molecule has 1 aliphatic rings. The zero-order valence-electron chi connectivity index (χ0n) is 11.7. The summed E-state index contributed by atoms with van der Waals surface area (Å²) >= 11 is 0. The summed E-state index contributed by atoms with van der Waals surface area (Å²) in [6.45, 7) is 1.53. The molecule has 0 radical (unpaired) electrons. The Hall–Kier alpha value is -2.22. The van der Waals surface area contributed by atoms with Crippen LogP contribution in [0.4, 0.5) is 5.95 Å². The van der Waals surface area contributed by atoms with E-state index in [-0.39, 0.29) is 18.4 Å². The lowest BCUT2D eigenvalue weighted by Gasteiger charge is -2.32. The van der Waals surface area contributed by atoms with Crippen molar-refractivity contribution in [2.45, 2.75) is 31.3 Å². The molecule has 0 aliphatic carbocycles. The number of carbonyl (C=O) groups is 2. The summed E-state index contributed by atoms with van der Waals surface area (Å²) in [5.41, 5.74) is 10.6. The number of amides is 2. The maximum Gasteiger partial charge on any atom is 0.237 e. The quantitative estimate of drug-likeness (QED) is 0.623. The second kappa shape index (κ2) is 6.98. The van der Waals surface area contributed by atoms with E-state index in [2.05, 4.69) is 20.2 Å². The number of carbonyl (C=O) groups excluding carboxylic acids is 2. The molecular weight excluding hydrogens is 272 g/mol. The monoisotopic (exact) mass is 292 g/mol. The number of aromatic nitrogens is 2. The molecule has 8 heteroatoms. The first-order valence-corrected chi connectivity index (χ1v) is 6.92. The van der Waals surface area contributed by atoms with Crippen LogP contribution in [0.15, 0.2) is 18.5 Å². The van der Waals surface area contributed by atoms with Gasteiger partial charge in [-0.25, -0.2) is 9.97 Å². The number of rotatable bonds is 5. The largest absolute Gasteiger partial charge is 0.370 e. The smallest absolute Gasteiger partial charge is 0.237 e. The first kappa shape index (κ1) is 15.2. The van der Waals surface area contributed by atoms with E-state index in [4.69, 9.17) is 11.5 Å². The Kier molecular flexibility index (Phi) is 5.04. The summed E-state index contributed by atoms with van der Waals surface area (Å²) in [4.78, 5) is 33.1. The van der Waals surface area contributed by atoms with Crippen molar-refractivity contribution in [1.82, 2.24) is 15.3 Å². The fourth-order valence-electron chi connectivity index (χ4n) is 2.30. The van der Waals surface area contributed by atoms with Gasteiger partial charge in [0, 0.05) is 31.5 Å². The van der Waals surface area contributed by atoms with E-state index in [9.17, 15) is 9.59 Å². The number of piperidine rings is 1. The molecule has 1 atom stereocenters. The van der Waals surface area contributed by atoms with Gasteiger partial charge in [-0.15, -0.1) is 0 Å². The maximum absolute atomic E-state index is 11.8. The fraction of sp³-hybridized carbons (Fsp3) is 0.538. The van der Waals surface area contributed by atoms with E-state index in [0.29, 0.717) is 5.95 Å². The minimum Gasteiger partial charge on any atom is -0.370 e. The molecule has 1 unspecified atom stereocenters. The number of nitrogens with two attached hydrogens (primary N) is 2. The van der Waals surface area contributed by atoms with Gasteiger partial charge in [0.2, 0.25) is 17.8 Å². The molecule has 1 fully saturated rings. The lowest BCUT2D eigenvalue weighted by Crippen LogP contribution is -2.50. The maximum atomic E-state index is 11.8. The Morgan fingerprint density at radius 3 is 2.52 bits per heavy atom. The number of hydrogen-bond donors (Lipinski definition) is 3. The van der Waals surface area contributed by atoms with Crippen molar-refractivity contribution in [3.63, 3.8) is 0 Å². The lowest BCUT2D eigenvalue weighted by atomic mass is 10.0. The minimum atomic E-state index is -0.877. The molecule has 5 N–H and O–H groups in total. The molecule has 1 aliphatic heterocycles. The topological polar surface area (TPSA) is 127 Å². The van der Waals surface area contributed by atoms with Crippen molar-refractivity contribution in [3.8, 4) is 0 Å². The highest BCUT2D eigenvalue weighted by atomic mass is 16.2. The minimum absolute atomic E-state index is 0.0522. The van der Waals surface area contributed by atoms with Gasteiger partial charge in [-0.3, -0.25) is 9.59 Å². The molecule has 8 nitrogen and oxygen atoms in total. The number of anilines is 1. The van der Waals surface area contributed by atoms with Gasteiger partial charge in [0.05, 0.1) is 12.5 Å². The van der Waals surface area contributed by atoms with Crippen LogP contribution in [0.1, 0.15) is 19.3 Å². The fourth-order valence-corrected chi connectivity index (χ4v) is 2.30. The van der Waals surface area contributed by atoms with E-state index < -0.39 is 11.9 Å². The molecule has 0 aromatic carbocycles. The molecule has 2 heterocycles. The van der Waals surface area contributed by atoms with Gasteiger partial charge in [0.15, 0.2) is 0 Å².